The second-order valence-corrected chi connectivity index (χ2v) is 6.83. The third kappa shape index (κ3) is 5.49. The Morgan fingerprint density at radius 2 is 1.64 bits per heavy atom. The van der Waals surface area contributed by atoms with Crippen molar-refractivity contribution in [3.63, 3.8) is 0 Å². The topological polar surface area (TPSA) is 50.7 Å². The summed E-state index contributed by atoms with van der Waals surface area (Å²) in [5.41, 5.74) is 2.83. The van der Waals surface area contributed by atoms with Crippen LogP contribution in [-0.4, -0.2) is 18.8 Å². The highest BCUT2D eigenvalue weighted by atomic mass is 35.5. The minimum atomic E-state index is -0.574. The largest absolute Gasteiger partial charge is 0.493 e. The van der Waals surface area contributed by atoms with E-state index < -0.39 is 6.10 Å². The van der Waals surface area contributed by atoms with Gasteiger partial charge in [-0.15, -0.1) is 0 Å². The zero-order valence-corrected chi connectivity index (χ0v) is 16.5. The lowest BCUT2D eigenvalue weighted by Gasteiger charge is -2.16. The minimum Gasteiger partial charge on any atom is -0.493 e. The molecule has 0 aliphatic heterocycles. The van der Waals surface area contributed by atoms with E-state index in [1.807, 2.05) is 66.7 Å². The second kappa shape index (κ2) is 10.1. The Kier molecular flexibility index (Phi) is 7.31. The van der Waals surface area contributed by atoms with Crippen LogP contribution >= 0.6 is 11.6 Å². The molecule has 146 valence electrons. The number of hydrogen-bond acceptors (Lipinski definition) is 4. The van der Waals surface area contributed by atoms with Crippen molar-refractivity contribution in [2.75, 3.05) is 13.7 Å². The number of aliphatic hydroxyl groups is 1. The molecule has 0 aliphatic rings. The molecule has 0 heterocycles. The fourth-order valence-electron chi connectivity index (χ4n) is 2.86. The van der Waals surface area contributed by atoms with Crippen molar-refractivity contribution in [1.82, 2.24) is 5.32 Å². The molecule has 0 saturated heterocycles. The molecule has 28 heavy (non-hydrogen) atoms. The van der Waals surface area contributed by atoms with Gasteiger partial charge in [-0.1, -0.05) is 72.3 Å². The summed E-state index contributed by atoms with van der Waals surface area (Å²) in [6.07, 6.45) is -0.574. The van der Waals surface area contributed by atoms with Gasteiger partial charge in [0, 0.05) is 24.2 Å². The summed E-state index contributed by atoms with van der Waals surface area (Å²) in [4.78, 5) is 0. The maximum absolute atomic E-state index is 10.3. The number of ether oxygens (including phenoxy) is 2. The van der Waals surface area contributed by atoms with E-state index in [9.17, 15) is 5.11 Å². The summed E-state index contributed by atoms with van der Waals surface area (Å²) in [5, 5.41) is 14.1. The lowest BCUT2D eigenvalue weighted by molar-refractivity contribution is 0.174. The van der Waals surface area contributed by atoms with E-state index in [4.69, 9.17) is 21.1 Å². The third-order valence-corrected chi connectivity index (χ3v) is 4.76. The Morgan fingerprint density at radius 3 is 2.32 bits per heavy atom. The van der Waals surface area contributed by atoms with E-state index >= 15 is 0 Å². The van der Waals surface area contributed by atoms with E-state index in [2.05, 4.69) is 5.32 Å². The summed E-state index contributed by atoms with van der Waals surface area (Å²) in [5.74, 6) is 1.23. The molecular weight excluding hydrogens is 374 g/mol. The fraction of sp³-hybridized carbons (Fsp3) is 0.217. The van der Waals surface area contributed by atoms with Gasteiger partial charge < -0.3 is 19.9 Å². The van der Waals surface area contributed by atoms with Gasteiger partial charge in [0.25, 0.3) is 0 Å². The Bertz CT molecular complexity index is 872. The normalized spacial score (nSPS) is 11.8. The van der Waals surface area contributed by atoms with Crippen molar-refractivity contribution in [3.8, 4) is 11.5 Å². The Morgan fingerprint density at radius 1 is 0.964 bits per heavy atom. The number of aliphatic hydroxyl groups excluding tert-OH is 1. The van der Waals surface area contributed by atoms with Crippen LogP contribution in [0.3, 0.4) is 0 Å². The SMILES string of the molecule is COc1cc(CNCC(O)c2ccccc2)c(Cl)cc1OCc1ccccc1. The number of halogens is 1. The summed E-state index contributed by atoms with van der Waals surface area (Å²) < 4.78 is 11.3. The standard InChI is InChI=1S/C23H24ClNO3/c1-27-22-12-19(14-25-15-21(26)18-10-6-3-7-11-18)20(24)13-23(22)28-16-17-8-4-2-5-9-17/h2-13,21,25-26H,14-16H2,1H3. The highest BCUT2D eigenvalue weighted by Crippen LogP contribution is 2.34. The lowest BCUT2D eigenvalue weighted by Crippen LogP contribution is -2.21. The Balaban J connectivity index is 1.60. The highest BCUT2D eigenvalue weighted by molar-refractivity contribution is 6.31. The minimum absolute atomic E-state index is 0.426. The predicted molar refractivity (Wildman–Crippen MR) is 112 cm³/mol. The van der Waals surface area contributed by atoms with Crippen LogP contribution in [0.1, 0.15) is 22.8 Å². The summed E-state index contributed by atoms with van der Waals surface area (Å²) in [6.45, 7) is 1.38. The average Bonchev–Trinajstić information content (AvgIpc) is 2.74. The van der Waals surface area contributed by atoms with Crippen LogP contribution in [0.25, 0.3) is 0 Å². The summed E-state index contributed by atoms with van der Waals surface area (Å²) in [6, 6.07) is 23.1. The molecule has 3 aromatic rings. The molecule has 0 fully saturated rings. The number of nitrogens with one attached hydrogen (secondary N) is 1. The first-order valence-corrected chi connectivity index (χ1v) is 9.52. The van der Waals surface area contributed by atoms with Crippen LogP contribution in [0.5, 0.6) is 11.5 Å². The summed E-state index contributed by atoms with van der Waals surface area (Å²) in [7, 11) is 1.61. The zero-order chi connectivity index (χ0) is 19.8. The van der Waals surface area contributed by atoms with Crippen molar-refractivity contribution in [1.29, 1.82) is 0 Å². The molecule has 0 aromatic heterocycles. The number of methoxy groups -OCH3 is 1. The molecule has 5 heteroatoms. The van der Waals surface area contributed by atoms with Crippen LogP contribution in [0.2, 0.25) is 5.02 Å². The smallest absolute Gasteiger partial charge is 0.163 e. The van der Waals surface area contributed by atoms with Crippen molar-refractivity contribution >= 4 is 11.6 Å². The molecule has 0 bridgehead atoms. The van der Waals surface area contributed by atoms with E-state index in [0.29, 0.717) is 36.2 Å². The summed E-state index contributed by atoms with van der Waals surface area (Å²) >= 11 is 6.43. The predicted octanol–water partition coefficient (Wildman–Crippen LogP) is 4.75. The first-order valence-electron chi connectivity index (χ1n) is 9.14. The van der Waals surface area contributed by atoms with Crippen molar-refractivity contribution < 1.29 is 14.6 Å². The molecule has 4 nitrogen and oxygen atoms in total. The zero-order valence-electron chi connectivity index (χ0n) is 15.8. The van der Waals surface area contributed by atoms with Crippen LogP contribution in [0.15, 0.2) is 72.8 Å². The first-order chi connectivity index (χ1) is 13.7. The molecule has 0 saturated carbocycles. The van der Waals surface area contributed by atoms with Gasteiger partial charge in [0.1, 0.15) is 6.61 Å². The van der Waals surface area contributed by atoms with Crippen LogP contribution in [-0.2, 0) is 13.2 Å². The third-order valence-electron chi connectivity index (χ3n) is 4.41. The van der Waals surface area contributed by atoms with Gasteiger partial charge in [-0.05, 0) is 22.8 Å². The molecule has 2 N–H and O–H groups in total. The van der Waals surface area contributed by atoms with Crippen molar-refractivity contribution in [3.05, 3.63) is 94.5 Å². The molecule has 0 radical (unpaired) electrons. The van der Waals surface area contributed by atoms with Crippen molar-refractivity contribution in [2.24, 2.45) is 0 Å². The maximum atomic E-state index is 10.3. The van der Waals surface area contributed by atoms with E-state index in [1.54, 1.807) is 13.2 Å². The highest BCUT2D eigenvalue weighted by Gasteiger charge is 2.12. The molecular formula is C23H24ClNO3. The molecule has 1 unspecified atom stereocenters. The molecule has 0 spiro atoms. The Labute approximate surface area is 170 Å². The maximum Gasteiger partial charge on any atom is 0.163 e. The molecule has 3 aromatic carbocycles. The van der Waals surface area contributed by atoms with Crippen molar-refractivity contribution in [2.45, 2.75) is 19.3 Å². The molecule has 1 atom stereocenters. The van der Waals surface area contributed by atoms with Gasteiger partial charge in [0.05, 0.1) is 13.2 Å². The van der Waals surface area contributed by atoms with E-state index in [-0.39, 0.29) is 0 Å². The quantitative estimate of drug-likeness (QED) is 0.547. The molecule has 0 amide bonds. The lowest BCUT2D eigenvalue weighted by atomic mass is 10.1. The first kappa shape index (κ1) is 20.2. The second-order valence-electron chi connectivity index (χ2n) is 6.43. The van der Waals surface area contributed by atoms with E-state index in [1.165, 1.54) is 0 Å². The molecule has 3 rings (SSSR count). The van der Waals surface area contributed by atoms with Crippen LogP contribution < -0.4 is 14.8 Å². The number of hydrogen-bond donors (Lipinski definition) is 2. The van der Waals surface area contributed by atoms with Gasteiger partial charge in [0.15, 0.2) is 11.5 Å². The monoisotopic (exact) mass is 397 g/mol. The fourth-order valence-corrected chi connectivity index (χ4v) is 3.08. The number of rotatable bonds is 9. The van der Waals surface area contributed by atoms with Gasteiger partial charge in [-0.2, -0.15) is 0 Å². The van der Waals surface area contributed by atoms with Crippen LogP contribution in [0, 0.1) is 0 Å². The van der Waals surface area contributed by atoms with Gasteiger partial charge in [-0.3, -0.25) is 0 Å². The molecule has 0 aliphatic carbocycles. The Hall–Kier alpha value is -2.53. The van der Waals surface area contributed by atoms with Crippen LogP contribution in [0.4, 0.5) is 0 Å². The van der Waals surface area contributed by atoms with Gasteiger partial charge >= 0.3 is 0 Å². The average molecular weight is 398 g/mol. The van der Waals surface area contributed by atoms with Gasteiger partial charge in [0.2, 0.25) is 0 Å². The number of benzene rings is 3. The van der Waals surface area contributed by atoms with Gasteiger partial charge in [-0.25, -0.2) is 0 Å². The van der Waals surface area contributed by atoms with E-state index in [0.717, 1.165) is 16.7 Å².